The summed E-state index contributed by atoms with van der Waals surface area (Å²) in [6.45, 7) is 4.04. The Morgan fingerprint density at radius 2 is 2.19 bits per heavy atom. The number of nitrogens with zero attached hydrogens (tertiary/aromatic N) is 2. The largest absolute Gasteiger partial charge is 0.351 e. The number of anilines is 1. The summed E-state index contributed by atoms with van der Waals surface area (Å²) in [5, 5.41) is 6.79. The first-order valence-corrected chi connectivity index (χ1v) is 6.16. The standard InChI is InChI=1S/C12H18N4/c1-8-10-7-13-6-5-11(10)16-12(14-8)15-9-3-2-4-9/h9,13H,2-7H2,1H3,(H,14,15,16). The first kappa shape index (κ1) is 10.0. The molecule has 0 unspecified atom stereocenters. The molecule has 0 bridgehead atoms. The monoisotopic (exact) mass is 218 g/mol. The zero-order valence-electron chi connectivity index (χ0n) is 9.71. The zero-order valence-corrected chi connectivity index (χ0v) is 9.71. The topological polar surface area (TPSA) is 49.8 Å². The van der Waals surface area contributed by atoms with Crippen molar-refractivity contribution in [2.45, 2.75) is 45.2 Å². The Hall–Kier alpha value is -1.16. The van der Waals surface area contributed by atoms with Crippen LogP contribution in [-0.2, 0) is 13.0 Å². The maximum Gasteiger partial charge on any atom is 0.223 e. The van der Waals surface area contributed by atoms with Gasteiger partial charge in [0.15, 0.2) is 0 Å². The maximum absolute atomic E-state index is 4.63. The molecule has 0 spiro atoms. The fraction of sp³-hybridized carbons (Fsp3) is 0.667. The first-order chi connectivity index (χ1) is 7.83. The summed E-state index contributed by atoms with van der Waals surface area (Å²) >= 11 is 0. The molecule has 1 aliphatic carbocycles. The van der Waals surface area contributed by atoms with E-state index in [4.69, 9.17) is 0 Å². The van der Waals surface area contributed by atoms with Gasteiger partial charge in [-0.3, -0.25) is 0 Å². The van der Waals surface area contributed by atoms with E-state index in [2.05, 4.69) is 27.5 Å². The van der Waals surface area contributed by atoms with Gasteiger partial charge >= 0.3 is 0 Å². The third kappa shape index (κ3) is 1.78. The Kier molecular flexibility index (Phi) is 2.52. The van der Waals surface area contributed by atoms with Crippen LogP contribution in [0.1, 0.15) is 36.2 Å². The van der Waals surface area contributed by atoms with Gasteiger partial charge in [0, 0.05) is 36.8 Å². The van der Waals surface area contributed by atoms with Gasteiger partial charge in [0.2, 0.25) is 5.95 Å². The second kappa shape index (κ2) is 4.01. The first-order valence-electron chi connectivity index (χ1n) is 6.16. The second-order valence-corrected chi connectivity index (χ2v) is 4.76. The molecule has 4 heteroatoms. The van der Waals surface area contributed by atoms with Crippen LogP contribution in [0.2, 0.25) is 0 Å². The van der Waals surface area contributed by atoms with Gasteiger partial charge in [-0.2, -0.15) is 0 Å². The van der Waals surface area contributed by atoms with E-state index in [-0.39, 0.29) is 0 Å². The third-order valence-corrected chi connectivity index (χ3v) is 3.58. The summed E-state index contributed by atoms with van der Waals surface area (Å²) in [5.41, 5.74) is 3.65. The molecule has 2 aliphatic rings. The quantitative estimate of drug-likeness (QED) is 0.787. The van der Waals surface area contributed by atoms with E-state index in [1.807, 2.05) is 0 Å². The molecule has 0 atom stereocenters. The Morgan fingerprint density at radius 3 is 2.94 bits per heavy atom. The molecular formula is C12H18N4. The van der Waals surface area contributed by atoms with Crippen molar-refractivity contribution in [2.75, 3.05) is 11.9 Å². The molecule has 0 radical (unpaired) electrons. The molecule has 1 fully saturated rings. The smallest absolute Gasteiger partial charge is 0.223 e. The van der Waals surface area contributed by atoms with E-state index in [0.29, 0.717) is 6.04 Å². The molecule has 0 saturated heterocycles. The number of hydrogen-bond donors (Lipinski definition) is 2. The minimum absolute atomic E-state index is 0.610. The number of fused-ring (bicyclic) bond motifs is 1. The Labute approximate surface area is 95.9 Å². The van der Waals surface area contributed by atoms with Crippen LogP contribution < -0.4 is 10.6 Å². The molecule has 1 aromatic heterocycles. The molecule has 0 amide bonds. The van der Waals surface area contributed by atoms with Crippen LogP contribution in [-0.4, -0.2) is 22.6 Å². The fourth-order valence-electron chi connectivity index (χ4n) is 2.31. The van der Waals surface area contributed by atoms with Crippen molar-refractivity contribution < 1.29 is 0 Å². The number of hydrogen-bond acceptors (Lipinski definition) is 4. The molecule has 1 aliphatic heterocycles. The lowest BCUT2D eigenvalue weighted by atomic mass is 9.93. The molecule has 4 nitrogen and oxygen atoms in total. The highest BCUT2D eigenvalue weighted by Crippen LogP contribution is 2.23. The van der Waals surface area contributed by atoms with Crippen molar-refractivity contribution in [1.29, 1.82) is 0 Å². The highest BCUT2D eigenvalue weighted by molar-refractivity contribution is 5.36. The summed E-state index contributed by atoms with van der Waals surface area (Å²) < 4.78 is 0. The zero-order chi connectivity index (χ0) is 11.0. The predicted molar refractivity (Wildman–Crippen MR) is 63.4 cm³/mol. The van der Waals surface area contributed by atoms with Crippen molar-refractivity contribution in [3.63, 3.8) is 0 Å². The van der Waals surface area contributed by atoms with Gasteiger partial charge in [-0.25, -0.2) is 9.97 Å². The average molecular weight is 218 g/mol. The SMILES string of the molecule is Cc1nc(NC2CCC2)nc2c1CNCC2. The van der Waals surface area contributed by atoms with Crippen LogP contribution >= 0.6 is 0 Å². The van der Waals surface area contributed by atoms with E-state index >= 15 is 0 Å². The highest BCUT2D eigenvalue weighted by Gasteiger charge is 2.20. The third-order valence-electron chi connectivity index (χ3n) is 3.58. The Bertz CT molecular complexity index is 398. The van der Waals surface area contributed by atoms with Crippen molar-refractivity contribution in [3.05, 3.63) is 17.0 Å². The average Bonchev–Trinajstić information content (AvgIpc) is 2.24. The minimum Gasteiger partial charge on any atom is -0.351 e. The molecule has 86 valence electrons. The normalized spacial score (nSPS) is 20.1. The minimum atomic E-state index is 0.610. The van der Waals surface area contributed by atoms with Gasteiger partial charge in [-0.15, -0.1) is 0 Å². The molecule has 2 N–H and O–H groups in total. The van der Waals surface area contributed by atoms with Crippen molar-refractivity contribution in [1.82, 2.24) is 15.3 Å². The number of aryl methyl sites for hydroxylation is 1. The summed E-state index contributed by atoms with van der Waals surface area (Å²) in [6.07, 6.45) is 4.89. The van der Waals surface area contributed by atoms with E-state index in [9.17, 15) is 0 Å². The van der Waals surface area contributed by atoms with E-state index in [0.717, 1.165) is 31.2 Å². The summed E-state index contributed by atoms with van der Waals surface area (Å²) in [4.78, 5) is 9.18. The number of rotatable bonds is 2. The summed E-state index contributed by atoms with van der Waals surface area (Å²) in [6, 6.07) is 0.610. The van der Waals surface area contributed by atoms with E-state index < -0.39 is 0 Å². The second-order valence-electron chi connectivity index (χ2n) is 4.76. The van der Waals surface area contributed by atoms with Crippen molar-refractivity contribution >= 4 is 5.95 Å². The van der Waals surface area contributed by atoms with Crippen molar-refractivity contribution in [3.8, 4) is 0 Å². The van der Waals surface area contributed by atoms with Gasteiger partial charge in [-0.1, -0.05) is 0 Å². The van der Waals surface area contributed by atoms with Gasteiger partial charge in [0.25, 0.3) is 0 Å². The van der Waals surface area contributed by atoms with Crippen LogP contribution in [0.25, 0.3) is 0 Å². The molecule has 1 saturated carbocycles. The predicted octanol–water partition coefficient (Wildman–Crippen LogP) is 1.40. The van der Waals surface area contributed by atoms with Crippen LogP contribution in [0.3, 0.4) is 0 Å². The van der Waals surface area contributed by atoms with Crippen molar-refractivity contribution in [2.24, 2.45) is 0 Å². The Morgan fingerprint density at radius 1 is 1.31 bits per heavy atom. The van der Waals surface area contributed by atoms with Crippen LogP contribution in [0, 0.1) is 6.92 Å². The van der Waals surface area contributed by atoms with Crippen LogP contribution in [0.5, 0.6) is 0 Å². The van der Waals surface area contributed by atoms with Gasteiger partial charge < -0.3 is 10.6 Å². The molecule has 16 heavy (non-hydrogen) atoms. The van der Waals surface area contributed by atoms with Crippen LogP contribution in [0.15, 0.2) is 0 Å². The van der Waals surface area contributed by atoms with Crippen LogP contribution in [0.4, 0.5) is 5.95 Å². The lowest BCUT2D eigenvalue weighted by Crippen LogP contribution is -2.30. The molecule has 1 aromatic rings. The molecular weight excluding hydrogens is 200 g/mol. The highest BCUT2D eigenvalue weighted by atomic mass is 15.1. The molecule has 3 rings (SSSR count). The van der Waals surface area contributed by atoms with Gasteiger partial charge in [0.05, 0.1) is 5.69 Å². The Balaban J connectivity index is 1.85. The fourth-order valence-corrected chi connectivity index (χ4v) is 2.31. The summed E-state index contributed by atoms with van der Waals surface area (Å²) in [7, 11) is 0. The maximum atomic E-state index is 4.63. The molecule has 2 heterocycles. The van der Waals surface area contributed by atoms with E-state index in [1.54, 1.807) is 0 Å². The lowest BCUT2D eigenvalue weighted by molar-refractivity contribution is 0.442. The van der Waals surface area contributed by atoms with Gasteiger partial charge in [0.1, 0.15) is 0 Å². The van der Waals surface area contributed by atoms with Gasteiger partial charge in [-0.05, 0) is 26.2 Å². The molecule has 0 aromatic carbocycles. The number of aromatic nitrogens is 2. The number of nitrogens with one attached hydrogen (secondary N) is 2. The summed E-state index contributed by atoms with van der Waals surface area (Å²) in [5.74, 6) is 0.836. The lowest BCUT2D eigenvalue weighted by Gasteiger charge is -2.27. The van der Waals surface area contributed by atoms with E-state index in [1.165, 1.54) is 30.5 Å².